The van der Waals surface area contributed by atoms with Gasteiger partial charge >= 0.3 is 0 Å². The van der Waals surface area contributed by atoms with Crippen LogP contribution in [-0.4, -0.2) is 35.3 Å². The van der Waals surface area contributed by atoms with E-state index in [1.807, 2.05) is 10.7 Å². The average molecular weight is 199 g/mol. The molecule has 0 atom stereocenters. The van der Waals surface area contributed by atoms with E-state index in [4.69, 9.17) is 12.2 Å². The van der Waals surface area contributed by atoms with E-state index in [-0.39, 0.29) is 0 Å². The van der Waals surface area contributed by atoms with Gasteiger partial charge in [-0.15, -0.1) is 0 Å². The highest BCUT2D eigenvalue weighted by atomic mass is 32.1. The van der Waals surface area contributed by atoms with Crippen LogP contribution in [0, 0.1) is 4.64 Å². The number of hydrogen-bond donors (Lipinski definition) is 1. The Labute approximate surface area is 84.3 Å². The summed E-state index contributed by atoms with van der Waals surface area (Å²) in [5.74, 6) is 0. The first-order chi connectivity index (χ1) is 6.13. The molecule has 0 amide bonds. The second-order valence-corrected chi connectivity index (χ2v) is 3.85. The number of H-pyrrole nitrogens is 1. The van der Waals surface area contributed by atoms with Gasteiger partial charge in [0.25, 0.3) is 0 Å². The molecule has 1 heterocycles. The lowest BCUT2D eigenvalue weighted by molar-refractivity contribution is 0.371. The minimum atomic E-state index is 0.902. The summed E-state index contributed by atoms with van der Waals surface area (Å²) in [4.78, 5) is 2.15. The molecule has 1 aromatic heterocycles. The van der Waals surface area contributed by atoms with Crippen LogP contribution in [0.1, 0.15) is 12.6 Å². The maximum absolute atomic E-state index is 5.20. The number of aromatic amines is 1. The largest absolute Gasteiger partial charge is 0.308 e. The number of nitrogens with zero attached hydrogens (tertiary/aromatic N) is 2. The molecule has 4 heteroatoms. The SMILES string of the molecule is CCc1cc(=S)n(CCN(C)C)[nH]1. The maximum Gasteiger partial charge on any atom is 0.122 e. The number of rotatable bonds is 4. The smallest absolute Gasteiger partial charge is 0.122 e. The zero-order valence-electron chi connectivity index (χ0n) is 8.50. The molecule has 0 aliphatic carbocycles. The first-order valence-corrected chi connectivity index (χ1v) is 4.97. The van der Waals surface area contributed by atoms with E-state index >= 15 is 0 Å². The van der Waals surface area contributed by atoms with Crippen molar-refractivity contribution in [3.8, 4) is 0 Å². The molecule has 0 aliphatic heterocycles. The van der Waals surface area contributed by atoms with E-state index in [1.54, 1.807) is 0 Å². The van der Waals surface area contributed by atoms with Crippen LogP contribution in [0.15, 0.2) is 6.07 Å². The maximum atomic E-state index is 5.20. The van der Waals surface area contributed by atoms with E-state index in [0.717, 1.165) is 24.2 Å². The zero-order valence-corrected chi connectivity index (χ0v) is 9.32. The Kier molecular flexibility index (Phi) is 3.69. The predicted molar refractivity (Wildman–Crippen MR) is 57.5 cm³/mol. The van der Waals surface area contributed by atoms with E-state index in [0.29, 0.717) is 0 Å². The Morgan fingerprint density at radius 3 is 2.69 bits per heavy atom. The third-order valence-corrected chi connectivity index (χ3v) is 2.33. The van der Waals surface area contributed by atoms with Gasteiger partial charge in [0.05, 0.1) is 6.54 Å². The molecule has 1 rings (SSSR count). The van der Waals surface area contributed by atoms with E-state index in [2.05, 4.69) is 31.0 Å². The van der Waals surface area contributed by atoms with Crippen molar-refractivity contribution in [1.29, 1.82) is 0 Å². The number of aryl methyl sites for hydroxylation is 1. The third kappa shape index (κ3) is 2.97. The average Bonchev–Trinajstić information content (AvgIpc) is 2.43. The van der Waals surface area contributed by atoms with Crippen LogP contribution >= 0.6 is 12.2 Å². The molecule has 1 aromatic rings. The van der Waals surface area contributed by atoms with Crippen LogP contribution in [-0.2, 0) is 13.0 Å². The van der Waals surface area contributed by atoms with Gasteiger partial charge in [0.2, 0.25) is 0 Å². The number of likely N-dealkylation sites (N-methyl/N-ethyl adjacent to an activating group) is 1. The topological polar surface area (TPSA) is 24.0 Å². The number of nitrogens with one attached hydrogen (secondary N) is 1. The summed E-state index contributed by atoms with van der Waals surface area (Å²) in [6, 6.07) is 2.03. The second-order valence-electron chi connectivity index (χ2n) is 3.43. The molecule has 3 nitrogen and oxygen atoms in total. The van der Waals surface area contributed by atoms with Crippen LogP contribution in [0.2, 0.25) is 0 Å². The predicted octanol–water partition coefficient (Wildman–Crippen LogP) is 1.67. The molecule has 0 saturated heterocycles. The molecular weight excluding hydrogens is 182 g/mol. The summed E-state index contributed by atoms with van der Waals surface area (Å²) < 4.78 is 2.92. The van der Waals surface area contributed by atoms with E-state index in [1.165, 1.54) is 5.69 Å². The fraction of sp³-hybridized carbons (Fsp3) is 0.667. The minimum Gasteiger partial charge on any atom is -0.308 e. The summed E-state index contributed by atoms with van der Waals surface area (Å²) in [6.45, 7) is 4.07. The van der Waals surface area contributed by atoms with Crippen molar-refractivity contribution in [2.75, 3.05) is 20.6 Å². The van der Waals surface area contributed by atoms with Gasteiger partial charge in [-0.1, -0.05) is 19.1 Å². The van der Waals surface area contributed by atoms with Crippen molar-refractivity contribution in [2.24, 2.45) is 0 Å². The first kappa shape index (κ1) is 10.5. The molecule has 0 radical (unpaired) electrons. The first-order valence-electron chi connectivity index (χ1n) is 4.57. The van der Waals surface area contributed by atoms with Crippen LogP contribution in [0.5, 0.6) is 0 Å². The molecule has 13 heavy (non-hydrogen) atoms. The highest BCUT2D eigenvalue weighted by Gasteiger charge is 1.98. The lowest BCUT2D eigenvalue weighted by atomic mass is 10.4. The zero-order chi connectivity index (χ0) is 9.84. The number of hydrogen-bond acceptors (Lipinski definition) is 2. The van der Waals surface area contributed by atoms with Gasteiger partial charge in [-0.25, -0.2) is 0 Å². The van der Waals surface area contributed by atoms with E-state index in [9.17, 15) is 0 Å². The summed E-state index contributed by atoms with van der Waals surface area (Å²) in [5, 5.41) is 3.27. The number of aromatic nitrogens is 2. The minimum absolute atomic E-state index is 0.902. The normalized spacial score (nSPS) is 11.1. The molecular formula is C9H17N3S. The summed E-state index contributed by atoms with van der Waals surface area (Å²) in [7, 11) is 4.13. The monoisotopic (exact) mass is 199 g/mol. The summed E-state index contributed by atoms with van der Waals surface area (Å²) >= 11 is 5.20. The van der Waals surface area contributed by atoms with Gasteiger partial charge in [-0.05, 0) is 26.6 Å². The highest BCUT2D eigenvalue weighted by molar-refractivity contribution is 7.71. The van der Waals surface area contributed by atoms with Gasteiger partial charge in [0.1, 0.15) is 4.64 Å². The standard InChI is InChI=1S/C9H17N3S/c1-4-8-7-9(13)12(10-8)6-5-11(2)3/h7,10H,4-6H2,1-3H3. The molecule has 0 unspecified atom stereocenters. The van der Waals surface area contributed by atoms with Gasteiger partial charge in [-0.3, -0.25) is 4.68 Å². The highest BCUT2D eigenvalue weighted by Crippen LogP contribution is 1.99. The van der Waals surface area contributed by atoms with E-state index < -0.39 is 0 Å². The fourth-order valence-corrected chi connectivity index (χ4v) is 1.41. The fourth-order valence-electron chi connectivity index (χ4n) is 1.13. The Hall–Kier alpha value is -0.610. The van der Waals surface area contributed by atoms with Crippen molar-refractivity contribution >= 4 is 12.2 Å². The van der Waals surface area contributed by atoms with Crippen molar-refractivity contribution in [3.05, 3.63) is 16.4 Å². The van der Waals surface area contributed by atoms with Crippen molar-refractivity contribution in [1.82, 2.24) is 14.7 Å². The van der Waals surface area contributed by atoms with Crippen LogP contribution in [0.4, 0.5) is 0 Å². The summed E-state index contributed by atoms with van der Waals surface area (Å²) in [5.41, 5.74) is 1.21. The quantitative estimate of drug-likeness (QED) is 0.746. The summed E-state index contributed by atoms with van der Waals surface area (Å²) in [6.07, 6.45) is 1.01. The van der Waals surface area contributed by atoms with Gasteiger partial charge in [0, 0.05) is 12.2 Å². The molecule has 0 saturated carbocycles. The molecule has 1 N–H and O–H groups in total. The lowest BCUT2D eigenvalue weighted by Gasteiger charge is -2.09. The Morgan fingerprint density at radius 2 is 2.23 bits per heavy atom. The second kappa shape index (κ2) is 4.58. The van der Waals surface area contributed by atoms with Crippen LogP contribution in [0.3, 0.4) is 0 Å². The molecule has 0 bridgehead atoms. The van der Waals surface area contributed by atoms with Gasteiger partial charge in [0.15, 0.2) is 0 Å². The molecule has 0 aromatic carbocycles. The Morgan fingerprint density at radius 1 is 1.54 bits per heavy atom. The third-order valence-electron chi connectivity index (χ3n) is 1.99. The van der Waals surface area contributed by atoms with Crippen LogP contribution in [0.25, 0.3) is 0 Å². The lowest BCUT2D eigenvalue weighted by Crippen LogP contribution is -2.19. The Bertz CT molecular complexity index is 311. The molecule has 0 spiro atoms. The molecule has 0 fully saturated rings. The van der Waals surface area contributed by atoms with Crippen LogP contribution < -0.4 is 0 Å². The Balaban J connectivity index is 2.66. The van der Waals surface area contributed by atoms with Crippen molar-refractivity contribution in [2.45, 2.75) is 19.9 Å². The van der Waals surface area contributed by atoms with Crippen molar-refractivity contribution in [3.63, 3.8) is 0 Å². The molecule has 0 aliphatic rings. The molecule has 74 valence electrons. The van der Waals surface area contributed by atoms with Crippen molar-refractivity contribution < 1.29 is 0 Å². The van der Waals surface area contributed by atoms with Gasteiger partial charge < -0.3 is 10.00 Å². The van der Waals surface area contributed by atoms with Gasteiger partial charge in [-0.2, -0.15) is 0 Å².